The Balaban J connectivity index is 2.92. The highest BCUT2D eigenvalue weighted by molar-refractivity contribution is 9.10. The van der Waals surface area contributed by atoms with Gasteiger partial charge < -0.3 is 9.84 Å². The van der Waals surface area contributed by atoms with E-state index >= 15 is 0 Å². The van der Waals surface area contributed by atoms with Gasteiger partial charge in [-0.05, 0) is 18.2 Å². The van der Waals surface area contributed by atoms with E-state index in [9.17, 15) is 4.79 Å². The van der Waals surface area contributed by atoms with Gasteiger partial charge in [-0.1, -0.05) is 39.1 Å². The summed E-state index contributed by atoms with van der Waals surface area (Å²) in [4.78, 5) is 10.9. The first-order valence-corrected chi connectivity index (χ1v) is 5.75. The van der Waals surface area contributed by atoms with Crippen LogP contribution in [0.4, 0.5) is 0 Å². The second-order valence-corrected chi connectivity index (χ2v) is 4.41. The number of ether oxygens (including phenoxy) is 1. The number of benzene rings is 1. The highest BCUT2D eigenvalue weighted by Crippen LogP contribution is 2.24. The van der Waals surface area contributed by atoms with Crippen LogP contribution in [0.25, 0.3) is 0 Å². The van der Waals surface area contributed by atoms with E-state index in [0.717, 1.165) is 4.47 Å². The summed E-state index contributed by atoms with van der Waals surface area (Å²) in [5, 5.41) is 9.20. The minimum absolute atomic E-state index is 0.0296. The normalized spacial score (nSPS) is 11.3. The van der Waals surface area contributed by atoms with Crippen molar-refractivity contribution in [3.8, 4) is 5.75 Å². The largest absolute Gasteiger partial charge is 0.487 e. The lowest BCUT2D eigenvalue weighted by Crippen LogP contribution is -2.04. The number of aromatic carboxylic acids is 1. The van der Waals surface area contributed by atoms with Crippen LogP contribution in [0.5, 0.6) is 5.75 Å². The standard InChI is InChI=1S/C10H7BrCl2O3/c11-6-1-2-8(10(14)15)9(3-6)16-5-7(13)4-12/h1-4H,5H2,(H,14,15). The van der Waals surface area contributed by atoms with E-state index in [1.807, 2.05) is 0 Å². The minimum atomic E-state index is -1.06. The third-order valence-electron chi connectivity index (χ3n) is 1.66. The molecular formula is C10H7BrCl2O3. The number of hydrogen-bond donors (Lipinski definition) is 1. The van der Waals surface area contributed by atoms with Gasteiger partial charge in [0, 0.05) is 10.0 Å². The fourth-order valence-electron chi connectivity index (χ4n) is 0.970. The summed E-state index contributed by atoms with van der Waals surface area (Å²) in [6.07, 6.45) is 0. The van der Waals surface area contributed by atoms with E-state index in [-0.39, 0.29) is 23.0 Å². The second kappa shape index (κ2) is 6.13. The van der Waals surface area contributed by atoms with Crippen molar-refractivity contribution in [3.05, 3.63) is 38.8 Å². The van der Waals surface area contributed by atoms with Gasteiger partial charge in [0.2, 0.25) is 0 Å². The van der Waals surface area contributed by atoms with Gasteiger partial charge in [-0.25, -0.2) is 4.79 Å². The molecular weight excluding hydrogens is 319 g/mol. The lowest BCUT2D eigenvalue weighted by atomic mass is 10.2. The molecule has 0 fully saturated rings. The Bertz CT molecular complexity index is 432. The molecule has 3 nitrogen and oxygen atoms in total. The van der Waals surface area contributed by atoms with E-state index in [0.29, 0.717) is 0 Å². The zero-order valence-corrected chi connectivity index (χ0v) is 11.0. The third kappa shape index (κ3) is 3.70. The lowest BCUT2D eigenvalue weighted by molar-refractivity contribution is 0.0692. The van der Waals surface area contributed by atoms with Crippen LogP contribution < -0.4 is 4.74 Å². The van der Waals surface area contributed by atoms with Crippen LogP contribution in [-0.4, -0.2) is 17.7 Å². The SMILES string of the molecule is O=C(O)c1ccc(Br)cc1OCC(Cl)=CCl. The summed E-state index contributed by atoms with van der Waals surface area (Å²) in [5.41, 5.74) is 1.24. The molecule has 0 saturated carbocycles. The van der Waals surface area contributed by atoms with Crippen molar-refractivity contribution in [2.24, 2.45) is 0 Å². The smallest absolute Gasteiger partial charge is 0.339 e. The number of carbonyl (C=O) groups is 1. The zero-order valence-electron chi connectivity index (χ0n) is 7.91. The third-order valence-corrected chi connectivity index (χ3v) is 2.74. The molecule has 0 atom stereocenters. The van der Waals surface area contributed by atoms with Gasteiger partial charge in [0.1, 0.15) is 17.9 Å². The van der Waals surface area contributed by atoms with Crippen molar-refractivity contribution >= 4 is 45.1 Å². The average Bonchev–Trinajstić information content (AvgIpc) is 2.25. The molecule has 0 amide bonds. The molecule has 6 heteroatoms. The van der Waals surface area contributed by atoms with E-state index in [2.05, 4.69) is 15.9 Å². The molecule has 1 aromatic rings. The highest BCUT2D eigenvalue weighted by atomic mass is 79.9. The maximum atomic E-state index is 10.9. The highest BCUT2D eigenvalue weighted by Gasteiger charge is 2.11. The van der Waals surface area contributed by atoms with Crippen molar-refractivity contribution in [3.63, 3.8) is 0 Å². The van der Waals surface area contributed by atoms with E-state index in [4.69, 9.17) is 33.0 Å². The average molecular weight is 326 g/mol. The molecule has 0 aromatic heterocycles. The maximum absolute atomic E-state index is 10.9. The first kappa shape index (κ1) is 13.4. The van der Waals surface area contributed by atoms with E-state index < -0.39 is 5.97 Å². The summed E-state index contributed by atoms with van der Waals surface area (Å²) < 4.78 is 5.96. The maximum Gasteiger partial charge on any atom is 0.339 e. The quantitative estimate of drug-likeness (QED) is 0.914. The van der Waals surface area contributed by atoms with Crippen LogP contribution in [0.1, 0.15) is 10.4 Å². The van der Waals surface area contributed by atoms with Crippen LogP contribution >= 0.6 is 39.1 Å². The number of rotatable bonds is 4. The summed E-state index contributed by atoms with van der Waals surface area (Å²) >= 11 is 14.2. The van der Waals surface area contributed by atoms with Crippen molar-refractivity contribution in [1.82, 2.24) is 0 Å². The van der Waals surface area contributed by atoms with Crippen LogP contribution in [0.2, 0.25) is 0 Å². The van der Waals surface area contributed by atoms with Crippen molar-refractivity contribution < 1.29 is 14.6 Å². The summed E-state index contributed by atoms with van der Waals surface area (Å²) in [5.74, 6) is -0.827. The van der Waals surface area contributed by atoms with Crippen molar-refractivity contribution in [1.29, 1.82) is 0 Å². The van der Waals surface area contributed by atoms with Gasteiger partial charge in [-0.15, -0.1) is 0 Å². The first-order valence-electron chi connectivity index (χ1n) is 4.15. The summed E-state index contributed by atoms with van der Waals surface area (Å²) in [7, 11) is 0. The van der Waals surface area contributed by atoms with Crippen molar-refractivity contribution in [2.75, 3.05) is 6.61 Å². The lowest BCUT2D eigenvalue weighted by Gasteiger charge is -2.08. The molecule has 16 heavy (non-hydrogen) atoms. The predicted molar refractivity (Wildman–Crippen MR) is 66.4 cm³/mol. The Morgan fingerprint density at radius 3 is 2.81 bits per heavy atom. The molecule has 1 N–H and O–H groups in total. The molecule has 86 valence electrons. The second-order valence-electron chi connectivity index (χ2n) is 2.79. The Morgan fingerprint density at radius 1 is 1.56 bits per heavy atom. The van der Waals surface area contributed by atoms with E-state index in [1.54, 1.807) is 12.1 Å². The van der Waals surface area contributed by atoms with Crippen molar-refractivity contribution in [2.45, 2.75) is 0 Å². The molecule has 0 aliphatic heterocycles. The molecule has 0 aliphatic carbocycles. The first-order chi connectivity index (χ1) is 7.54. The topological polar surface area (TPSA) is 46.5 Å². The van der Waals surface area contributed by atoms with Crippen LogP contribution in [0.3, 0.4) is 0 Å². The summed E-state index contributed by atoms with van der Waals surface area (Å²) in [6.45, 7) is 0.0296. The van der Waals surface area contributed by atoms with E-state index in [1.165, 1.54) is 11.6 Å². The number of carboxylic acid groups (broad SMARTS) is 1. The molecule has 1 rings (SSSR count). The zero-order chi connectivity index (χ0) is 12.1. The van der Waals surface area contributed by atoms with Gasteiger partial charge in [0.15, 0.2) is 0 Å². The molecule has 1 aromatic carbocycles. The van der Waals surface area contributed by atoms with Gasteiger partial charge in [-0.3, -0.25) is 0 Å². The summed E-state index contributed by atoms with van der Waals surface area (Å²) in [6, 6.07) is 4.62. The van der Waals surface area contributed by atoms with Gasteiger partial charge in [0.25, 0.3) is 0 Å². The number of carboxylic acids is 1. The van der Waals surface area contributed by atoms with Crippen LogP contribution in [0, 0.1) is 0 Å². The van der Waals surface area contributed by atoms with Gasteiger partial charge >= 0.3 is 5.97 Å². The monoisotopic (exact) mass is 324 g/mol. The minimum Gasteiger partial charge on any atom is -0.487 e. The Kier molecular flexibility index (Phi) is 5.12. The Hall–Kier alpha value is -0.710. The molecule has 0 radical (unpaired) electrons. The predicted octanol–water partition coefficient (Wildman–Crippen LogP) is 3.85. The van der Waals surface area contributed by atoms with Crippen LogP contribution in [-0.2, 0) is 0 Å². The molecule has 0 saturated heterocycles. The fourth-order valence-corrected chi connectivity index (χ4v) is 1.43. The van der Waals surface area contributed by atoms with Crippen LogP contribution in [0.15, 0.2) is 33.2 Å². The number of halogens is 3. The number of hydrogen-bond acceptors (Lipinski definition) is 2. The molecule has 0 unspecified atom stereocenters. The Morgan fingerprint density at radius 2 is 2.25 bits per heavy atom. The molecule has 0 bridgehead atoms. The van der Waals surface area contributed by atoms with Gasteiger partial charge in [0.05, 0.1) is 5.03 Å². The Labute approximate surface area is 111 Å². The molecule has 0 heterocycles. The van der Waals surface area contributed by atoms with Gasteiger partial charge in [-0.2, -0.15) is 0 Å². The molecule has 0 aliphatic rings. The molecule has 0 spiro atoms. The fraction of sp³-hybridized carbons (Fsp3) is 0.100.